The van der Waals surface area contributed by atoms with E-state index in [1.807, 2.05) is 0 Å². The van der Waals surface area contributed by atoms with Crippen molar-refractivity contribution in [3.8, 4) is 0 Å². The molecule has 0 aromatic heterocycles. The maximum atomic E-state index is 12.3. The molecule has 2 aliphatic rings. The van der Waals surface area contributed by atoms with Gasteiger partial charge in [-0.2, -0.15) is 0 Å². The first-order chi connectivity index (χ1) is 8.54. The molecule has 4 N–H and O–H groups in total. The lowest BCUT2D eigenvalue weighted by atomic mass is 9.79. The van der Waals surface area contributed by atoms with Crippen molar-refractivity contribution in [2.45, 2.75) is 57.4 Å². The predicted octanol–water partition coefficient (Wildman–Crippen LogP) is 1.15. The summed E-state index contributed by atoms with van der Waals surface area (Å²) in [4.78, 5) is 12.3. The highest BCUT2D eigenvalue weighted by Crippen LogP contribution is 2.29. The Morgan fingerprint density at radius 2 is 1.78 bits per heavy atom. The number of carbonyl (C=O) groups is 1. The van der Waals surface area contributed by atoms with Crippen molar-refractivity contribution >= 4 is 5.91 Å². The van der Waals surface area contributed by atoms with Crippen molar-refractivity contribution in [3.05, 3.63) is 0 Å². The average molecular weight is 253 g/mol. The van der Waals surface area contributed by atoms with Crippen molar-refractivity contribution in [3.63, 3.8) is 0 Å². The van der Waals surface area contributed by atoms with Gasteiger partial charge in [-0.25, -0.2) is 0 Å². The summed E-state index contributed by atoms with van der Waals surface area (Å²) < 4.78 is 0. The second kappa shape index (κ2) is 5.57. The lowest BCUT2D eigenvalue weighted by molar-refractivity contribution is -0.128. The Hall–Kier alpha value is -0.610. The van der Waals surface area contributed by atoms with E-state index in [9.17, 15) is 4.79 Å². The summed E-state index contributed by atoms with van der Waals surface area (Å²) in [6, 6.07) is 0. The highest BCUT2D eigenvalue weighted by molar-refractivity contribution is 5.86. The Bertz CT molecular complexity index is 291. The molecule has 4 nitrogen and oxygen atoms in total. The minimum atomic E-state index is -0.596. The second-order valence-corrected chi connectivity index (χ2v) is 6.46. The number of piperidine rings is 1. The standard InChI is InChI=1S/C14H27N3O/c1-13(7-9-16-10-8-13)11-17-12(18)14(15)5-3-2-4-6-14/h16H,2-11,15H2,1H3,(H,17,18). The van der Waals surface area contributed by atoms with E-state index >= 15 is 0 Å². The van der Waals surface area contributed by atoms with E-state index < -0.39 is 5.54 Å². The van der Waals surface area contributed by atoms with Crippen LogP contribution >= 0.6 is 0 Å². The largest absolute Gasteiger partial charge is 0.354 e. The zero-order valence-electron chi connectivity index (χ0n) is 11.6. The first kappa shape index (κ1) is 13.8. The molecule has 1 heterocycles. The van der Waals surface area contributed by atoms with Gasteiger partial charge in [0.05, 0.1) is 5.54 Å². The maximum absolute atomic E-state index is 12.3. The predicted molar refractivity (Wildman–Crippen MR) is 73.2 cm³/mol. The first-order valence-corrected chi connectivity index (χ1v) is 7.32. The van der Waals surface area contributed by atoms with Crippen molar-refractivity contribution in [2.75, 3.05) is 19.6 Å². The zero-order chi connectivity index (χ0) is 13.1. The van der Waals surface area contributed by atoms with Crippen LogP contribution in [0.2, 0.25) is 0 Å². The molecule has 1 aliphatic heterocycles. The van der Waals surface area contributed by atoms with Gasteiger partial charge in [-0.05, 0) is 44.2 Å². The fraction of sp³-hybridized carbons (Fsp3) is 0.929. The minimum absolute atomic E-state index is 0.0713. The van der Waals surface area contributed by atoms with Gasteiger partial charge in [0.25, 0.3) is 0 Å². The summed E-state index contributed by atoms with van der Waals surface area (Å²) in [7, 11) is 0. The molecule has 1 aliphatic carbocycles. The van der Waals surface area contributed by atoms with Crippen LogP contribution < -0.4 is 16.4 Å². The first-order valence-electron chi connectivity index (χ1n) is 7.32. The topological polar surface area (TPSA) is 67.2 Å². The monoisotopic (exact) mass is 253 g/mol. The lowest BCUT2D eigenvalue weighted by Crippen LogP contribution is -2.56. The van der Waals surface area contributed by atoms with Crippen LogP contribution in [0.3, 0.4) is 0 Å². The van der Waals surface area contributed by atoms with E-state index in [0.29, 0.717) is 0 Å². The molecule has 0 spiro atoms. The van der Waals surface area contributed by atoms with Gasteiger partial charge in [-0.15, -0.1) is 0 Å². The van der Waals surface area contributed by atoms with Crippen LogP contribution in [0, 0.1) is 5.41 Å². The van der Waals surface area contributed by atoms with E-state index in [1.165, 1.54) is 6.42 Å². The smallest absolute Gasteiger partial charge is 0.240 e. The van der Waals surface area contributed by atoms with E-state index in [4.69, 9.17) is 5.73 Å². The minimum Gasteiger partial charge on any atom is -0.354 e. The van der Waals surface area contributed by atoms with Crippen LogP contribution in [-0.2, 0) is 4.79 Å². The summed E-state index contributed by atoms with van der Waals surface area (Å²) in [5.74, 6) is 0.0713. The highest BCUT2D eigenvalue weighted by Gasteiger charge is 2.36. The molecule has 0 aromatic carbocycles. The zero-order valence-corrected chi connectivity index (χ0v) is 11.6. The molecule has 104 valence electrons. The molecule has 0 atom stereocenters. The number of nitrogens with two attached hydrogens (primary N) is 1. The van der Waals surface area contributed by atoms with Gasteiger partial charge >= 0.3 is 0 Å². The Kier molecular flexibility index (Phi) is 4.28. The number of hydrogen-bond acceptors (Lipinski definition) is 3. The lowest BCUT2D eigenvalue weighted by Gasteiger charge is -2.37. The van der Waals surface area contributed by atoms with Crippen LogP contribution in [-0.4, -0.2) is 31.1 Å². The van der Waals surface area contributed by atoms with Crippen LogP contribution in [0.5, 0.6) is 0 Å². The summed E-state index contributed by atoms with van der Waals surface area (Å²) >= 11 is 0. The van der Waals surface area contributed by atoms with E-state index in [-0.39, 0.29) is 11.3 Å². The average Bonchev–Trinajstić information content (AvgIpc) is 2.38. The van der Waals surface area contributed by atoms with Gasteiger partial charge < -0.3 is 16.4 Å². The molecule has 2 rings (SSSR count). The molecule has 0 unspecified atom stereocenters. The Morgan fingerprint density at radius 1 is 1.17 bits per heavy atom. The summed E-state index contributed by atoms with van der Waals surface area (Å²) in [6.07, 6.45) is 7.34. The summed E-state index contributed by atoms with van der Waals surface area (Å²) in [5, 5.41) is 6.47. The molecule has 1 saturated carbocycles. The third-order valence-corrected chi connectivity index (χ3v) is 4.68. The van der Waals surface area contributed by atoms with Gasteiger partial charge in [0.15, 0.2) is 0 Å². The van der Waals surface area contributed by atoms with Crippen molar-refractivity contribution in [1.82, 2.24) is 10.6 Å². The molecule has 0 aromatic rings. The molecule has 4 heteroatoms. The van der Waals surface area contributed by atoms with Gasteiger partial charge in [0.2, 0.25) is 5.91 Å². The Labute approximate surface area is 110 Å². The molecule has 0 bridgehead atoms. The van der Waals surface area contributed by atoms with Gasteiger partial charge in [-0.1, -0.05) is 26.2 Å². The fourth-order valence-corrected chi connectivity index (χ4v) is 3.09. The molecule has 18 heavy (non-hydrogen) atoms. The van der Waals surface area contributed by atoms with Crippen LogP contribution in [0.4, 0.5) is 0 Å². The fourth-order valence-electron chi connectivity index (χ4n) is 3.09. The summed E-state index contributed by atoms with van der Waals surface area (Å²) in [5.41, 5.74) is 5.88. The number of rotatable bonds is 3. The molecule has 1 saturated heterocycles. The molecular weight excluding hydrogens is 226 g/mol. The van der Waals surface area contributed by atoms with Crippen molar-refractivity contribution in [2.24, 2.45) is 11.1 Å². The van der Waals surface area contributed by atoms with Crippen LogP contribution in [0.15, 0.2) is 0 Å². The third-order valence-electron chi connectivity index (χ3n) is 4.68. The summed E-state index contributed by atoms with van der Waals surface area (Å²) in [6.45, 7) is 5.14. The SMILES string of the molecule is CC1(CNC(=O)C2(N)CCCCC2)CCNCC1. The Morgan fingerprint density at radius 3 is 2.39 bits per heavy atom. The van der Waals surface area contributed by atoms with Gasteiger partial charge in [0, 0.05) is 6.54 Å². The number of carbonyl (C=O) groups excluding carboxylic acids is 1. The van der Waals surface area contributed by atoms with Gasteiger partial charge in [0.1, 0.15) is 0 Å². The third kappa shape index (κ3) is 3.23. The maximum Gasteiger partial charge on any atom is 0.240 e. The second-order valence-electron chi connectivity index (χ2n) is 6.46. The quantitative estimate of drug-likeness (QED) is 0.707. The number of hydrogen-bond donors (Lipinski definition) is 3. The van der Waals surface area contributed by atoms with Crippen LogP contribution in [0.1, 0.15) is 51.9 Å². The molecular formula is C14H27N3O. The normalized spacial score (nSPS) is 26.6. The number of amides is 1. The Balaban J connectivity index is 1.83. The molecule has 2 fully saturated rings. The van der Waals surface area contributed by atoms with E-state index in [2.05, 4.69) is 17.6 Å². The van der Waals surface area contributed by atoms with E-state index in [0.717, 1.165) is 58.2 Å². The van der Waals surface area contributed by atoms with Crippen LogP contribution in [0.25, 0.3) is 0 Å². The number of nitrogens with one attached hydrogen (secondary N) is 2. The van der Waals surface area contributed by atoms with Crippen molar-refractivity contribution in [1.29, 1.82) is 0 Å². The highest BCUT2D eigenvalue weighted by atomic mass is 16.2. The van der Waals surface area contributed by atoms with Gasteiger partial charge in [-0.3, -0.25) is 4.79 Å². The molecule has 1 amide bonds. The van der Waals surface area contributed by atoms with E-state index in [1.54, 1.807) is 0 Å². The molecule has 0 radical (unpaired) electrons. The van der Waals surface area contributed by atoms with Crippen molar-refractivity contribution < 1.29 is 4.79 Å².